The van der Waals surface area contributed by atoms with Gasteiger partial charge < -0.3 is 14.8 Å². The zero-order chi connectivity index (χ0) is 19.3. The van der Waals surface area contributed by atoms with Crippen LogP contribution in [0.15, 0.2) is 41.3 Å². The third-order valence-electron chi connectivity index (χ3n) is 3.53. The molecule has 0 atom stereocenters. The third-order valence-corrected chi connectivity index (χ3v) is 5.23. The Morgan fingerprint density at radius 3 is 2.31 bits per heavy atom. The number of nitrogens with one attached hydrogen (secondary N) is 2. The molecule has 2 rings (SSSR count). The standard InChI is InChI=1S/C17H19ClN2O5S/c1-11-8-13(5-7-15(11)24-2)26(22,23)19-10-17(21)20-12-4-6-16(25-3)14(18)9-12/h4-9,19H,10H2,1-3H3,(H,20,21). The molecule has 0 heterocycles. The summed E-state index contributed by atoms with van der Waals surface area (Å²) in [6, 6.07) is 9.16. The van der Waals surface area contributed by atoms with Crippen molar-refractivity contribution in [3.05, 3.63) is 47.0 Å². The van der Waals surface area contributed by atoms with E-state index in [9.17, 15) is 13.2 Å². The van der Waals surface area contributed by atoms with Crippen LogP contribution in [-0.4, -0.2) is 35.1 Å². The molecule has 0 saturated heterocycles. The lowest BCUT2D eigenvalue weighted by molar-refractivity contribution is -0.115. The summed E-state index contributed by atoms with van der Waals surface area (Å²) >= 11 is 5.98. The van der Waals surface area contributed by atoms with Gasteiger partial charge in [-0.3, -0.25) is 4.79 Å². The largest absolute Gasteiger partial charge is 0.496 e. The van der Waals surface area contributed by atoms with E-state index >= 15 is 0 Å². The summed E-state index contributed by atoms with van der Waals surface area (Å²) in [5.74, 6) is 0.526. The predicted molar refractivity (Wildman–Crippen MR) is 99.6 cm³/mol. The van der Waals surface area contributed by atoms with Crippen LogP contribution < -0.4 is 19.5 Å². The van der Waals surface area contributed by atoms with Crippen LogP contribution in [0.4, 0.5) is 5.69 Å². The summed E-state index contributed by atoms with van der Waals surface area (Å²) in [7, 11) is -0.841. The van der Waals surface area contributed by atoms with Crippen molar-refractivity contribution in [3.63, 3.8) is 0 Å². The van der Waals surface area contributed by atoms with Gasteiger partial charge in [0.1, 0.15) is 11.5 Å². The number of halogens is 1. The molecule has 2 aromatic rings. The van der Waals surface area contributed by atoms with Gasteiger partial charge in [-0.1, -0.05) is 11.6 Å². The lowest BCUT2D eigenvalue weighted by Crippen LogP contribution is -2.32. The molecule has 0 saturated carbocycles. The molecule has 140 valence electrons. The van der Waals surface area contributed by atoms with E-state index in [0.29, 0.717) is 27.8 Å². The first-order chi connectivity index (χ1) is 12.3. The van der Waals surface area contributed by atoms with Gasteiger partial charge in [-0.05, 0) is 48.9 Å². The van der Waals surface area contributed by atoms with Gasteiger partial charge in [0.15, 0.2) is 0 Å². The fourth-order valence-electron chi connectivity index (χ4n) is 2.21. The van der Waals surface area contributed by atoms with Crippen molar-refractivity contribution in [2.24, 2.45) is 0 Å². The van der Waals surface area contributed by atoms with Gasteiger partial charge in [-0.2, -0.15) is 0 Å². The molecular weight excluding hydrogens is 380 g/mol. The lowest BCUT2D eigenvalue weighted by atomic mass is 10.2. The molecule has 0 aromatic heterocycles. The van der Waals surface area contributed by atoms with Gasteiger partial charge in [0.25, 0.3) is 0 Å². The Hall–Kier alpha value is -2.29. The maximum Gasteiger partial charge on any atom is 0.241 e. The number of carbonyl (C=O) groups is 1. The number of hydrogen-bond donors (Lipinski definition) is 2. The van der Waals surface area contributed by atoms with Crippen LogP contribution in [0.1, 0.15) is 5.56 Å². The van der Waals surface area contributed by atoms with E-state index in [1.807, 2.05) is 0 Å². The van der Waals surface area contributed by atoms with Gasteiger partial charge in [0.2, 0.25) is 15.9 Å². The Bertz CT molecular complexity index is 915. The van der Waals surface area contributed by atoms with E-state index in [2.05, 4.69) is 10.0 Å². The number of aryl methyl sites for hydroxylation is 1. The van der Waals surface area contributed by atoms with Gasteiger partial charge in [0.05, 0.1) is 30.7 Å². The fraction of sp³-hybridized carbons (Fsp3) is 0.235. The van der Waals surface area contributed by atoms with Crippen molar-refractivity contribution in [2.45, 2.75) is 11.8 Å². The van der Waals surface area contributed by atoms with Crippen LogP contribution in [0, 0.1) is 6.92 Å². The van der Waals surface area contributed by atoms with Gasteiger partial charge in [0, 0.05) is 5.69 Å². The summed E-state index contributed by atoms with van der Waals surface area (Å²) in [4.78, 5) is 12.0. The summed E-state index contributed by atoms with van der Waals surface area (Å²) in [6.07, 6.45) is 0. The zero-order valence-electron chi connectivity index (χ0n) is 14.5. The monoisotopic (exact) mass is 398 g/mol. The molecule has 9 heteroatoms. The summed E-state index contributed by atoms with van der Waals surface area (Å²) in [6.45, 7) is 1.31. The van der Waals surface area contributed by atoms with Gasteiger partial charge >= 0.3 is 0 Å². The lowest BCUT2D eigenvalue weighted by Gasteiger charge is -2.11. The Kier molecular flexibility index (Phi) is 6.47. The zero-order valence-corrected chi connectivity index (χ0v) is 16.1. The number of hydrogen-bond acceptors (Lipinski definition) is 5. The second kappa shape index (κ2) is 8.39. The van der Waals surface area contributed by atoms with Crippen LogP contribution in [0.5, 0.6) is 11.5 Å². The minimum atomic E-state index is -3.83. The summed E-state index contributed by atoms with van der Waals surface area (Å²) in [5, 5.41) is 2.89. The average Bonchev–Trinajstić information content (AvgIpc) is 2.60. The maximum absolute atomic E-state index is 12.3. The maximum atomic E-state index is 12.3. The van der Waals surface area contributed by atoms with Crippen molar-refractivity contribution in [2.75, 3.05) is 26.1 Å². The van der Waals surface area contributed by atoms with Crippen LogP contribution in [0.2, 0.25) is 5.02 Å². The van der Waals surface area contributed by atoms with Crippen LogP contribution in [-0.2, 0) is 14.8 Å². The van der Waals surface area contributed by atoms with Gasteiger partial charge in [-0.25, -0.2) is 13.1 Å². The van der Waals surface area contributed by atoms with Crippen LogP contribution >= 0.6 is 11.6 Å². The molecule has 0 bridgehead atoms. The normalized spacial score (nSPS) is 11.1. The molecule has 0 aliphatic heterocycles. The molecule has 0 unspecified atom stereocenters. The Morgan fingerprint density at radius 1 is 1.08 bits per heavy atom. The first-order valence-electron chi connectivity index (χ1n) is 7.54. The Balaban J connectivity index is 2.01. The highest BCUT2D eigenvalue weighted by Gasteiger charge is 2.17. The number of ether oxygens (including phenoxy) is 2. The van der Waals surface area contributed by atoms with E-state index in [1.54, 1.807) is 25.1 Å². The molecule has 0 fully saturated rings. The van der Waals surface area contributed by atoms with E-state index in [-0.39, 0.29) is 4.90 Å². The number of amides is 1. The number of methoxy groups -OCH3 is 2. The van der Waals surface area contributed by atoms with Crippen molar-refractivity contribution >= 4 is 33.2 Å². The third kappa shape index (κ3) is 4.87. The molecule has 2 N–H and O–H groups in total. The quantitative estimate of drug-likeness (QED) is 0.747. The Morgan fingerprint density at radius 2 is 1.73 bits per heavy atom. The number of benzene rings is 2. The molecule has 0 aliphatic carbocycles. The highest BCUT2D eigenvalue weighted by molar-refractivity contribution is 7.89. The summed E-state index contributed by atoms with van der Waals surface area (Å²) < 4.78 is 37.0. The first-order valence-corrected chi connectivity index (χ1v) is 9.40. The van der Waals surface area contributed by atoms with E-state index < -0.39 is 22.5 Å². The number of sulfonamides is 1. The van der Waals surface area contributed by atoms with E-state index in [1.165, 1.54) is 32.4 Å². The molecule has 0 aliphatic rings. The van der Waals surface area contributed by atoms with Crippen molar-refractivity contribution in [3.8, 4) is 11.5 Å². The minimum absolute atomic E-state index is 0.0519. The summed E-state index contributed by atoms with van der Waals surface area (Å²) in [5.41, 5.74) is 1.10. The highest BCUT2D eigenvalue weighted by Crippen LogP contribution is 2.27. The van der Waals surface area contributed by atoms with Gasteiger partial charge in [-0.15, -0.1) is 0 Å². The van der Waals surface area contributed by atoms with Crippen LogP contribution in [0.25, 0.3) is 0 Å². The number of rotatable bonds is 7. The molecule has 2 aromatic carbocycles. The topological polar surface area (TPSA) is 93.7 Å². The predicted octanol–water partition coefficient (Wildman–Crippen LogP) is 2.58. The van der Waals surface area contributed by atoms with E-state index in [0.717, 1.165) is 0 Å². The van der Waals surface area contributed by atoms with Crippen molar-refractivity contribution in [1.82, 2.24) is 4.72 Å². The molecule has 7 nitrogen and oxygen atoms in total. The smallest absolute Gasteiger partial charge is 0.241 e. The van der Waals surface area contributed by atoms with Crippen molar-refractivity contribution in [1.29, 1.82) is 0 Å². The van der Waals surface area contributed by atoms with E-state index in [4.69, 9.17) is 21.1 Å². The number of carbonyl (C=O) groups excluding carboxylic acids is 1. The fourth-order valence-corrected chi connectivity index (χ4v) is 3.54. The molecular formula is C17H19ClN2O5S. The molecule has 0 spiro atoms. The highest BCUT2D eigenvalue weighted by atomic mass is 35.5. The Labute approximate surface area is 157 Å². The second-order valence-electron chi connectivity index (χ2n) is 5.35. The SMILES string of the molecule is COc1ccc(S(=O)(=O)NCC(=O)Nc2ccc(OC)c(Cl)c2)cc1C. The molecule has 26 heavy (non-hydrogen) atoms. The van der Waals surface area contributed by atoms with Crippen molar-refractivity contribution < 1.29 is 22.7 Å². The minimum Gasteiger partial charge on any atom is -0.496 e. The molecule has 0 radical (unpaired) electrons. The first kappa shape index (κ1) is 20.0. The average molecular weight is 399 g/mol. The van der Waals surface area contributed by atoms with Crippen LogP contribution in [0.3, 0.4) is 0 Å². The molecule has 1 amide bonds. The number of anilines is 1. The second-order valence-corrected chi connectivity index (χ2v) is 7.53.